The van der Waals surface area contributed by atoms with Crippen LogP contribution < -0.4 is 14.9 Å². The minimum absolute atomic E-state index is 0.159. The highest BCUT2D eigenvalue weighted by Crippen LogP contribution is 2.17. The maximum Gasteiger partial charge on any atom is 0.240 e. The van der Waals surface area contributed by atoms with Crippen LogP contribution in [-0.4, -0.2) is 27.4 Å². The molecule has 1 amide bonds. The molecule has 0 aliphatic heterocycles. The van der Waals surface area contributed by atoms with Gasteiger partial charge in [-0.15, -0.1) is 0 Å². The van der Waals surface area contributed by atoms with Gasteiger partial charge in [0.2, 0.25) is 15.9 Å². The lowest BCUT2D eigenvalue weighted by Gasteiger charge is -2.21. The topological polar surface area (TPSA) is 78.5 Å². The van der Waals surface area contributed by atoms with Crippen LogP contribution in [0.25, 0.3) is 0 Å². The molecule has 0 atom stereocenters. The predicted molar refractivity (Wildman–Crippen MR) is 105 cm³/mol. The molecule has 0 aliphatic carbocycles. The third kappa shape index (κ3) is 5.31. The number of nitrogens with one attached hydrogen (secondary N) is 2. The van der Waals surface area contributed by atoms with Gasteiger partial charge in [-0.1, -0.05) is 12.1 Å². The summed E-state index contributed by atoms with van der Waals surface area (Å²) < 4.78 is 27.4. The zero-order valence-electron chi connectivity index (χ0n) is 15.3. The standard InChI is InChI=1S/C19H25N3O3S/c1-4-22(5-2)18-10-6-16(7-11-18)14-20-26(24,25)19-12-8-17(9-13-19)21-15(3)23/h6-13,20H,4-5,14H2,1-3H3,(H,21,23). The average Bonchev–Trinajstić information content (AvgIpc) is 2.62. The second kappa shape index (κ2) is 8.82. The number of rotatable bonds is 8. The molecule has 0 saturated carbocycles. The molecule has 0 aromatic heterocycles. The Kier molecular flexibility index (Phi) is 6.76. The lowest BCUT2D eigenvalue weighted by Crippen LogP contribution is -2.24. The molecule has 0 aliphatic rings. The Labute approximate surface area is 155 Å². The van der Waals surface area contributed by atoms with E-state index in [1.165, 1.54) is 19.1 Å². The van der Waals surface area contributed by atoms with E-state index in [1.807, 2.05) is 24.3 Å². The molecule has 0 radical (unpaired) electrons. The molecular formula is C19H25N3O3S. The monoisotopic (exact) mass is 375 g/mol. The summed E-state index contributed by atoms with van der Waals surface area (Å²) in [4.78, 5) is 13.4. The van der Waals surface area contributed by atoms with E-state index in [0.717, 1.165) is 24.3 Å². The molecule has 26 heavy (non-hydrogen) atoms. The van der Waals surface area contributed by atoms with Crippen molar-refractivity contribution in [2.75, 3.05) is 23.3 Å². The van der Waals surface area contributed by atoms with Gasteiger partial charge < -0.3 is 10.2 Å². The fourth-order valence-electron chi connectivity index (χ4n) is 2.60. The third-order valence-electron chi connectivity index (χ3n) is 4.02. The Morgan fingerprint density at radius 3 is 2.04 bits per heavy atom. The van der Waals surface area contributed by atoms with Crippen molar-refractivity contribution in [2.24, 2.45) is 0 Å². The van der Waals surface area contributed by atoms with Crippen molar-refractivity contribution in [2.45, 2.75) is 32.2 Å². The quantitative estimate of drug-likeness (QED) is 0.743. The molecule has 0 saturated heterocycles. The zero-order chi connectivity index (χ0) is 19.2. The Balaban J connectivity index is 2.02. The van der Waals surface area contributed by atoms with Crippen LogP contribution in [0.15, 0.2) is 53.4 Å². The van der Waals surface area contributed by atoms with Crippen LogP contribution in [-0.2, 0) is 21.4 Å². The van der Waals surface area contributed by atoms with Crippen molar-refractivity contribution >= 4 is 27.3 Å². The maximum absolute atomic E-state index is 12.4. The molecule has 2 rings (SSSR count). The Bertz CT molecular complexity index is 827. The van der Waals surface area contributed by atoms with Gasteiger partial charge in [-0.25, -0.2) is 13.1 Å². The largest absolute Gasteiger partial charge is 0.372 e. The van der Waals surface area contributed by atoms with Gasteiger partial charge in [-0.05, 0) is 55.8 Å². The van der Waals surface area contributed by atoms with E-state index >= 15 is 0 Å². The second-order valence-corrected chi connectivity index (χ2v) is 7.64. The minimum atomic E-state index is -3.61. The smallest absolute Gasteiger partial charge is 0.240 e. The normalized spacial score (nSPS) is 11.2. The fourth-order valence-corrected chi connectivity index (χ4v) is 3.61. The molecule has 7 heteroatoms. The first-order chi connectivity index (χ1) is 12.4. The highest BCUT2D eigenvalue weighted by molar-refractivity contribution is 7.89. The highest BCUT2D eigenvalue weighted by atomic mass is 32.2. The lowest BCUT2D eigenvalue weighted by molar-refractivity contribution is -0.114. The van der Waals surface area contributed by atoms with E-state index in [-0.39, 0.29) is 17.3 Å². The molecule has 140 valence electrons. The SMILES string of the molecule is CCN(CC)c1ccc(CNS(=O)(=O)c2ccc(NC(C)=O)cc2)cc1. The van der Waals surface area contributed by atoms with Gasteiger partial charge in [-0.2, -0.15) is 0 Å². The summed E-state index contributed by atoms with van der Waals surface area (Å²) in [6.45, 7) is 7.67. The van der Waals surface area contributed by atoms with Gasteiger partial charge in [0.25, 0.3) is 0 Å². The fraction of sp³-hybridized carbons (Fsp3) is 0.316. The van der Waals surface area contributed by atoms with Crippen LogP contribution in [0.3, 0.4) is 0 Å². The van der Waals surface area contributed by atoms with Crippen molar-refractivity contribution in [3.63, 3.8) is 0 Å². The van der Waals surface area contributed by atoms with Gasteiger partial charge in [-0.3, -0.25) is 4.79 Å². The van der Waals surface area contributed by atoms with Crippen molar-refractivity contribution < 1.29 is 13.2 Å². The van der Waals surface area contributed by atoms with E-state index in [0.29, 0.717) is 5.69 Å². The van der Waals surface area contributed by atoms with Crippen molar-refractivity contribution in [3.8, 4) is 0 Å². The summed E-state index contributed by atoms with van der Waals surface area (Å²) in [5.74, 6) is -0.202. The van der Waals surface area contributed by atoms with Gasteiger partial charge in [0.15, 0.2) is 0 Å². The Morgan fingerprint density at radius 1 is 0.962 bits per heavy atom. The highest BCUT2D eigenvalue weighted by Gasteiger charge is 2.13. The van der Waals surface area contributed by atoms with E-state index in [1.54, 1.807) is 12.1 Å². The van der Waals surface area contributed by atoms with Crippen LogP contribution in [0, 0.1) is 0 Å². The van der Waals surface area contributed by atoms with Crippen molar-refractivity contribution in [3.05, 3.63) is 54.1 Å². The van der Waals surface area contributed by atoms with Crippen molar-refractivity contribution in [1.29, 1.82) is 0 Å². The zero-order valence-corrected chi connectivity index (χ0v) is 16.1. The average molecular weight is 375 g/mol. The number of carbonyl (C=O) groups excluding carboxylic acids is 1. The molecule has 0 bridgehead atoms. The molecule has 2 aromatic carbocycles. The number of nitrogens with zero attached hydrogens (tertiary/aromatic N) is 1. The Morgan fingerprint density at radius 2 is 1.54 bits per heavy atom. The molecule has 2 N–H and O–H groups in total. The summed E-state index contributed by atoms with van der Waals surface area (Å²) >= 11 is 0. The molecule has 0 spiro atoms. The first-order valence-electron chi connectivity index (χ1n) is 8.57. The summed E-state index contributed by atoms with van der Waals surface area (Å²) in [6.07, 6.45) is 0. The molecule has 0 fully saturated rings. The van der Waals surface area contributed by atoms with Gasteiger partial charge in [0, 0.05) is 37.9 Å². The molecular weight excluding hydrogens is 350 g/mol. The number of hydrogen-bond acceptors (Lipinski definition) is 4. The summed E-state index contributed by atoms with van der Waals surface area (Å²) in [7, 11) is -3.61. The lowest BCUT2D eigenvalue weighted by atomic mass is 10.2. The molecule has 0 unspecified atom stereocenters. The first kappa shape index (κ1) is 19.9. The molecule has 0 heterocycles. The van der Waals surface area contributed by atoms with Crippen molar-refractivity contribution in [1.82, 2.24) is 4.72 Å². The summed E-state index contributed by atoms with van der Waals surface area (Å²) in [5.41, 5.74) is 2.57. The van der Waals surface area contributed by atoms with E-state index < -0.39 is 10.0 Å². The van der Waals surface area contributed by atoms with E-state index in [4.69, 9.17) is 0 Å². The molecule has 6 nitrogen and oxygen atoms in total. The number of anilines is 2. The number of amides is 1. The second-order valence-electron chi connectivity index (χ2n) is 5.87. The number of carbonyl (C=O) groups is 1. The maximum atomic E-state index is 12.4. The van der Waals surface area contributed by atoms with E-state index in [2.05, 4.69) is 28.8 Å². The van der Waals surface area contributed by atoms with Crippen LogP contribution in [0.4, 0.5) is 11.4 Å². The van der Waals surface area contributed by atoms with Gasteiger partial charge >= 0.3 is 0 Å². The minimum Gasteiger partial charge on any atom is -0.372 e. The summed E-state index contributed by atoms with van der Waals surface area (Å²) in [5, 5.41) is 2.61. The predicted octanol–water partition coefficient (Wildman–Crippen LogP) is 2.97. The summed E-state index contributed by atoms with van der Waals surface area (Å²) in [6, 6.07) is 13.9. The Hall–Kier alpha value is -2.38. The first-order valence-corrected chi connectivity index (χ1v) is 10.0. The van der Waals surface area contributed by atoms with Crippen LogP contribution >= 0.6 is 0 Å². The van der Waals surface area contributed by atoms with Crippen LogP contribution in [0.5, 0.6) is 0 Å². The third-order valence-corrected chi connectivity index (χ3v) is 5.43. The van der Waals surface area contributed by atoms with E-state index in [9.17, 15) is 13.2 Å². The van der Waals surface area contributed by atoms with Crippen LogP contribution in [0.2, 0.25) is 0 Å². The number of sulfonamides is 1. The van der Waals surface area contributed by atoms with Gasteiger partial charge in [0.05, 0.1) is 4.90 Å². The molecule has 2 aromatic rings. The number of benzene rings is 2. The van der Waals surface area contributed by atoms with Gasteiger partial charge in [0.1, 0.15) is 0 Å². The van der Waals surface area contributed by atoms with Crippen LogP contribution in [0.1, 0.15) is 26.3 Å². The number of hydrogen-bond donors (Lipinski definition) is 2.